The highest BCUT2D eigenvalue weighted by Crippen LogP contribution is 2.36. The van der Waals surface area contributed by atoms with E-state index in [4.69, 9.17) is 5.73 Å². The van der Waals surface area contributed by atoms with E-state index in [2.05, 4.69) is 0 Å². The molecule has 21 heavy (non-hydrogen) atoms. The van der Waals surface area contributed by atoms with Crippen molar-refractivity contribution in [3.8, 4) is 0 Å². The van der Waals surface area contributed by atoms with Gasteiger partial charge in [-0.2, -0.15) is 0 Å². The Balaban J connectivity index is 2.45. The number of hydrogen-bond donors (Lipinski definition) is 1. The predicted octanol–water partition coefficient (Wildman–Crippen LogP) is 4.39. The molecule has 112 valence electrons. The van der Waals surface area contributed by atoms with E-state index in [1.54, 1.807) is 12.1 Å². The Morgan fingerprint density at radius 1 is 0.905 bits per heavy atom. The van der Waals surface area contributed by atoms with E-state index in [-0.39, 0.29) is 16.9 Å². The zero-order chi connectivity index (χ0) is 15.8. The normalized spacial score (nSPS) is 13.3. The summed E-state index contributed by atoms with van der Waals surface area (Å²) < 4.78 is 40.8. The maximum Gasteiger partial charge on any atom is 0.163 e. The van der Waals surface area contributed by atoms with Crippen molar-refractivity contribution in [1.29, 1.82) is 0 Å². The van der Waals surface area contributed by atoms with Gasteiger partial charge >= 0.3 is 0 Å². The first-order valence-electron chi connectivity index (χ1n) is 6.71. The minimum atomic E-state index is -0.919. The van der Waals surface area contributed by atoms with Gasteiger partial charge in [0.1, 0.15) is 5.82 Å². The summed E-state index contributed by atoms with van der Waals surface area (Å²) in [6.07, 6.45) is 0. The summed E-state index contributed by atoms with van der Waals surface area (Å²) in [6.45, 7) is 5.14. The molecule has 0 spiro atoms. The van der Waals surface area contributed by atoms with Crippen LogP contribution in [0.4, 0.5) is 13.2 Å². The first kappa shape index (κ1) is 15.6. The molecule has 2 aromatic rings. The van der Waals surface area contributed by atoms with E-state index in [1.165, 1.54) is 31.2 Å². The molecular weight excluding hydrogens is 275 g/mol. The largest absolute Gasteiger partial charge is 0.323 e. The van der Waals surface area contributed by atoms with E-state index in [1.807, 2.05) is 13.8 Å². The van der Waals surface area contributed by atoms with Crippen molar-refractivity contribution in [2.24, 2.45) is 5.73 Å². The van der Waals surface area contributed by atoms with E-state index in [0.29, 0.717) is 0 Å². The molecule has 0 heterocycles. The van der Waals surface area contributed by atoms with Crippen LogP contribution in [0.25, 0.3) is 0 Å². The molecule has 0 radical (unpaired) electrons. The number of rotatable bonds is 3. The fraction of sp³-hybridized carbons (Fsp3) is 0.294. The number of hydrogen-bond acceptors (Lipinski definition) is 1. The summed E-state index contributed by atoms with van der Waals surface area (Å²) in [5.74, 6) is -2.15. The van der Waals surface area contributed by atoms with Gasteiger partial charge in [-0.05, 0) is 30.2 Å². The average molecular weight is 293 g/mol. The van der Waals surface area contributed by atoms with E-state index >= 15 is 0 Å². The topological polar surface area (TPSA) is 26.0 Å². The van der Waals surface area contributed by atoms with Crippen LogP contribution in [0, 0.1) is 24.4 Å². The number of aryl methyl sites for hydroxylation is 1. The van der Waals surface area contributed by atoms with Crippen LogP contribution in [0.3, 0.4) is 0 Å². The molecule has 0 fully saturated rings. The zero-order valence-electron chi connectivity index (χ0n) is 12.3. The first-order valence-corrected chi connectivity index (χ1v) is 6.71. The fourth-order valence-electron chi connectivity index (χ4n) is 2.35. The number of benzene rings is 2. The maximum atomic E-state index is 14.1. The molecule has 0 aliphatic rings. The second-order valence-electron chi connectivity index (χ2n) is 5.81. The summed E-state index contributed by atoms with van der Waals surface area (Å²) in [5.41, 5.74) is 6.61. The highest BCUT2D eigenvalue weighted by molar-refractivity contribution is 5.34. The molecule has 2 aromatic carbocycles. The van der Waals surface area contributed by atoms with Crippen molar-refractivity contribution in [1.82, 2.24) is 0 Å². The Bertz CT molecular complexity index is 648. The minimum absolute atomic E-state index is 0.118. The van der Waals surface area contributed by atoms with E-state index in [0.717, 1.165) is 5.56 Å². The lowest BCUT2D eigenvalue weighted by molar-refractivity contribution is 0.395. The summed E-state index contributed by atoms with van der Waals surface area (Å²) >= 11 is 0. The monoisotopic (exact) mass is 293 g/mol. The van der Waals surface area contributed by atoms with E-state index < -0.39 is 23.1 Å². The number of nitrogens with two attached hydrogens (primary N) is 1. The molecule has 1 atom stereocenters. The molecule has 0 saturated carbocycles. The van der Waals surface area contributed by atoms with Crippen molar-refractivity contribution < 1.29 is 13.2 Å². The van der Waals surface area contributed by atoms with Gasteiger partial charge < -0.3 is 5.73 Å². The van der Waals surface area contributed by atoms with Crippen molar-refractivity contribution in [3.63, 3.8) is 0 Å². The lowest BCUT2D eigenvalue weighted by Gasteiger charge is -2.33. The van der Waals surface area contributed by atoms with Crippen LogP contribution in [0.1, 0.15) is 36.6 Å². The van der Waals surface area contributed by atoms with E-state index in [9.17, 15) is 13.2 Å². The maximum absolute atomic E-state index is 14.1. The quantitative estimate of drug-likeness (QED) is 0.892. The smallest absolute Gasteiger partial charge is 0.163 e. The van der Waals surface area contributed by atoms with Gasteiger partial charge in [0.25, 0.3) is 0 Å². The molecule has 4 heteroatoms. The van der Waals surface area contributed by atoms with Crippen LogP contribution in [-0.4, -0.2) is 0 Å². The Hall–Kier alpha value is -1.81. The summed E-state index contributed by atoms with van der Waals surface area (Å²) in [7, 11) is 0. The molecule has 0 aliphatic carbocycles. The van der Waals surface area contributed by atoms with Gasteiger partial charge in [0.05, 0.1) is 0 Å². The molecule has 0 aromatic heterocycles. The lowest BCUT2D eigenvalue weighted by atomic mass is 9.75. The third kappa shape index (κ3) is 2.81. The highest BCUT2D eigenvalue weighted by atomic mass is 19.2. The second-order valence-corrected chi connectivity index (χ2v) is 5.81. The van der Waals surface area contributed by atoms with Crippen molar-refractivity contribution >= 4 is 0 Å². The summed E-state index contributed by atoms with van der Waals surface area (Å²) in [4.78, 5) is 0. The lowest BCUT2D eigenvalue weighted by Crippen LogP contribution is -2.34. The van der Waals surface area contributed by atoms with Crippen LogP contribution in [0.5, 0.6) is 0 Å². The van der Waals surface area contributed by atoms with Gasteiger partial charge in [-0.3, -0.25) is 0 Å². The third-order valence-electron chi connectivity index (χ3n) is 4.01. The van der Waals surface area contributed by atoms with Gasteiger partial charge in [0.15, 0.2) is 11.6 Å². The van der Waals surface area contributed by atoms with Crippen LogP contribution >= 0.6 is 0 Å². The average Bonchev–Trinajstić information content (AvgIpc) is 2.45. The van der Waals surface area contributed by atoms with Gasteiger partial charge in [-0.1, -0.05) is 38.1 Å². The molecular formula is C17H18F3N. The zero-order valence-corrected chi connectivity index (χ0v) is 12.3. The third-order valence-corrected chi connectivity index (χ3v) is 4.01. The SMILES string of the molecule is Cc1ccc(C(N)C(C)(C)c2ccc(F)cc2)c(F)c1F. The van der Waals surface area contributed by atoms with Crippen molar-refractivity contribution in [2.45, 2.75) is 32.2 Å². The van der Waals surface area contributed by atoms with Gasteiger partial charge in [0, 0.05) is 17.0 Å². The molecule has 2 rings (SSSR count). The van der Waals surface area contributed by atoms with Crippen LogP contribution in [0.2, 0.25) is 0 Å². The number of halogens is 3. The molecule has 0 saturated heterocycles. The Morgan fingerprint density at radius 3 is 2.05 bits per heavy atom. The molecule has 2 N–H and O–H groups in total. The van der Waals surface area contributed by atoms with Crippen molar-refractivity contribution in [3.05, 3.63) is 70.5 Å². The minimum Gasteiger partial charge on any atom is -0.323 e. The van der Waals surface area contributed by atoms with Crippen LogP contribution in [-0.2, 0) is 5.41 Å². The fourth-order valence-corrected chi connectivity index (χ4v) is 2.35. The molecule has 0 aliphatic heterocycles. The van der Waals surface area contributed by atoms with Gasteiger partial charge in [0.2, 0.25) is 0 Å². The van der Waals surface area contributed by atoms with Crippen molar-refractivity contribution in [2.75, 3.05) is 0 Å². The molecule has 1 nitrogen and oxygen atoms in total. The first-order chi connectivity index (χ1) is 9.75. The standard InChI is InChI=1S/C17H18F3N/c1-10-4-9-13(15(20)14(10)19)16(21)17(2,3)11-5-7-12(18)8-6-11/h4-9,16H,21H2,1-3H3. The van der Waals surface area contributed by atoms with Crippen LogP contribution < -0.4 is 5.73 Å². The Labute approximate surface area is 122 Å². The highest BCUT2D eigenvalue weighted by Gasteiger charge is 2.32. The molecule has 0 amide bonds. The van der Waals surface area contributed by atoms with Crippen LogP contribution in [0.15, 0.2) is 36.4 Å². The predicted molar refractivity (Wildman–Crippen MR) is 77.4 cm³/mol. The second kappa shape index (κ2) is 5.53. The van der Waals surface area contributed by atoms with Gasteiger partial charge in [-0.15, -0.1) is 0 Å². The summed E-state index contributed by atoms with van der Waals surface area (Å²) in [5, 5.41) is 0. The Kier molecular flexibility index (Phi) is 4.10. The van der Waals surface area contributed by atoms with Gasteiger partial charge in [-0.25, -0.2) is 13.2 Å². The molecule has 1 unspecified atom stereocenters. The summed E-state index contributed by atoms with van der Waals surface area (Å²) in [6, 6.07) is 8.14. The molecule has 0 bridgehead atoms. The Morgan fingerprint density at radius 2 is 1.48 bits per heavy atom.